The van der Waals surface area contributed by atoms with Gasteiger partial charge in [0.15, 0.2) is 17.0 Å². The quantitative estimate of drug-likeness (QED) is 0.442. The number of rotatable bonds is 8. The van der Waals surface area contributed by atoms with Crippen molar-refractivity contribution in [1.82, 2.24) is 19.5 Å². The van der Waals surface area contributed by atoms with E-state index in [-0.39, 0.29) is 6.04 Å². The standard InChI is InChI=1S/C18H26N8O/c1-4-26-10-23-15-16(24-18(25-17(15)26)22-8-11(2)19)21-9-12-6-5-7-13(27-3)14(12)20/h5-7,10-11H,4,8-9,19-20H2,1-3H3,(H2,21,22,24,25). The lowest BCUT2D eigenvalue weighted by Gasteiger charge is -2.13. The third-order valence-electron chi connectivity index (χ3n) is 4.21. The zero-order chi connectivity index (χ0) is 19.4. The van der Waals surface area contributed by atoms with E-state index in [4.69, 9.17) is 16.2 Å². The summed E-state index contributed by atoms with van der Waals surface area (Å²) < 4.78 is 7.25. The molecule has 0 aliphatic carbocycles. The molecular weight excluding hydrogens is 344 g/mol. The average molecular weight is 370 g/mol. The number of para-hydroxylation sites is 1. The van der Waals surface area contributed by atoms with Crippen molar-refractivity contribution < 1.29 is 4.74 Å². The number of anilines is 3. The number of benzene rings is 1. The lowest BCUT2D eigenvalue weighted by Crippen LogP contribution is -2.26. The predicted molar refractivity (Wildman–Crippen MR) is 108 cm³/mol. The summed E-state index contributed by atoms with van der Waals surface area (Å²) in [5, 5.41) is 6.50. The van der Waals surface area contributed by atoms with Gasteiger partial charge < -0.3 is 31.4 Å². The van der Waals surface area contributed by atoms with Crippen molar-refractivity contribution in [3.05, 3.63) is 30.1 Å². The van der Waals surface area contributed by atoms with Crippen molar-refractivity contribution in [3.63, 3.8) is 0 Å². The summed E-state index contributed by atoms with van der Waals surface area (Å²) in [6.45, 7) is 5.80. The van der Waals surface area contributed by atoms with Crippen LogP contribution in [0.5, 0.6) is 5.75 Å². The molecule has 1 unspecified atom stereocenters. The summed E-state index contributed by atoms with van der Waals surface area (Å²) in [6.07, 6.45) is 1.76. The van der Waals surface area contributed by atoms with Crippen LogP contribution in [-0.4, -0.2) is 39.2 Å². The molecule has 144 valence electrons. The van der Waals surface area contributed by atoms with Crippen molar-refractivity contribution in [3.8, 4) is 5.75 Å². The Labute approximate surface area is 158 Å². The largest absolute Gasteiger partial charge is 0.495 e. The van der Waals surface area contributed by atoms with Crippen molar-refractivity contribution in [1.29, 1.82) is 0 Å². The van der Waals surface area contributed by atoms with E-state index < -0.39 is 0 Å². The monoisotopic (exact) mass is 370 g/mol. The van der Waals surface area contributed by atoms with Crippen molar-refractivity contribution in [2.24, 2.45) is 5.73 Å². The first-order valence-corrected chi connectivity index (χ1v) is 8.91. The molecule has 0 aliphatic rings. The van der Waals surface area contributed by atoms with Gasteiger partial charge in [-0.2, -0.15) is 9.97 Å². The lowest BCUT2D eigenvalue weighted by molar-refractivity contribution is 0.416. The molecule has 2 aromatic heterocycles. The van der Waals surface area contributed by atoms with Crippen molar-refractivity contribution >= 4 is 28.6 Å². The zero-order valence-corrected chi connectivity index (χ0v) is 15.9. The Balaban J connectivity index is 1.91. The van der Waals surface area contributed by atoms with E-state index in [1.165, 1.54) is 0 Å². The molecule has 1 aromatic carbocycles. The molecule has 9 heteroatoms. The number of nitrogens with one attached hydrogen (secondary N) is 2. The van der Waals surface area contributed by atoms with Crippen LogP contribution in [0.2, 0.25) is 0 Å². The summed E-state index contributed by atoms with van der Waals surface area (Å²) in [6, 6.07) is 5.68. The molecule has 1 atom stereocenters. The highest BCUT2D eigenvalue weighted by Crippen LogP contribution is 2.26. The molecule has 9 nitrogen and oxygen atoms in total. The fourth-order valence-corrected chi connectivity index (χ4v) is 2.73. The molecule has 0 amide bonds. The van der Waals surface area contributed by atoms with Crippen LogP contribution in [0.25, 0.3) is 11.2 Å². The van der Waals surface area contributed by atoms with Gasteiger partial charge in [0, 0.05) is 25.7 Å². The average Bonchev–Trinajstić information content (AvgIpc) is 3.08. The van der Waals surface area contributed by atoms with Crippen LogP contribution < -0.4 is 26.8 Å². The van der Waals surface area contributed by atoms with Crippen molar-refractivity contribution in [2.45, 2.75) is 33.0 Å². The molecule has 6 N–H and O–H groups in total. The first-order valence-electron chi connectivity index (χ1n) is 8.91. The van der Waals surface area contributed by atoms with E-state index in [2.05, 4.69) is 25.6 Å². The number of hydrogen-bond donors (Lipinski definition) is 4. The molecule has 0 bridgehead atoms. The second-order valence-corrected chi connectivity index (χ2v) is 6.34. The van der Waals surface area contributed by atoms with Gasteiger partial charge in [0.25, 0.3) is 0 Å². The smallest absolute Gasteiger partial charge is 0.226 e. The summed E-state index contributed by atoms with van der Waals surface area (Å²) in [5.41, 5.74) is 15.0. The minimum absolute atomic E-state index is 0.00614. The molecule has 0 fully saturated rings. The Morgan fingerprint density at radius 3 is 2.78 bits per heavy atom. The maximum atomic E-state index is 6.16. The van der Waals surface area contributed by atoms with E-state index >= 15 is 0 Å². The summed E-state index contributed by atoms with van der Waals surface area (Å²) in [5.74, 6) is 1.80. The number of nitrogen functional groups attached to an aromatic ring is 1. The Bertz CT molecular complexity index is 921. The van der Waals surface area contributed by atoms with Gasteiger partial charge in [0.05, 0.1) is 19.1 Å². The number of fused-ring (bicyclic) bond motifs is 1. The van der Waals surface area contributed by atoms with Crippen LogP contribution >= 0.6 is 0 Å². The summed E-state index contributed by atoms with van der Waals surface area (Å²) in [4.78, 5) is 13.6. The zero-order valence-electron chi connectivity index (χ0n) is 15.9. The van der Waals surface area contributed by atoms with Gasteiger partial charge in [-0.1, -0.05) is 12.1 Å². The Hall–Kier alpha value is -3.07. The second-order valence-electron chi connectivity index (χ2n) is 6.34. The van der Waals surface area contributed by atoms with Gasteiger partial charge in [-0.05, 0) is 25.5 Å². The molecular formula is C18H26N8O. The van der Waals surface area contributed by atoms with E-state index in [0.717, 1.165) is 17.8 Å². The van der Waals surface area contributed by atoms with E-state index in [1.807, 2.05) is 36.6 Å². The van der Waals surface area contributed by atoms with Gasteiger partial charge in [0.2, 0.25) is 5.95 Å². The fourth-order valence-electron chi connectivity index (χ4n) is 2.73. The molecule has 0 radical (unpaired) electrons. The Morgan fingerprint density at radius 1 is 1.26 bits per heavy atom. The molecule has 0 saturated heterocycles. The normalized spacial score (nSPS) is 12.1. The Morgan fingerprint density at radius 2 is 2.07 bits per heavy atom. The van der Waals surface area contributed by atoms with E-state index in [9.17, 15) is 0 Å². The van der Waals surface area contributed by atoms with Gasteiger partial charge in [-0.25, -0.2) is 4.98 Å². The molecule has 0 saturated carbocycles. The van der Waals surface area contributed by atoms with Crippen LogP contribution in [0.1, 0.15) is 19.4 Å². The molecule has 2 heterocycles. The second kappa shape index (κ2) is 8.09. The first-order chi connectivity index (χ1) is 13.0. The minimum atomic E-state index is -0.00614. The topological polar surface area (TPSA) is 129 Å². The van der Waals surface area contributed by atoms with Gasteiger partial charge in [-0.15, -0.1) is 0 Å². The van der Waals surface area contributed by atoms with Gasteiger partial charge in [-0.3, -0.25) is 0 Å². The number of hydrogen-bond acceptors (Lipinski definition) is 8. The van der Waals surface area contributed by atoms with Crippen LogP contribution in [0.4, 0.5) is 17.5 Å². The third kappa shape index (κ3) is 4.03. The van der Waals surface area contributed by atoms with Crippen LogP contribution in [0.3, 0.4) is 0 Å². The van der Waals surface area contributed by atoms with Gasteiger partial charge in [0.1, 0.15) is 5.75 Å². The van der Waals surface area contributed by atoms with Crippen LogP contribution in [0.15, 0.2) is 24.5 Å². The number of nitrogens with zero attached hydrogens (tertiary/aromatic N) is 4. The highest BCUT2D eigenvalue weighted by Gasteiger charge is 2.14. The number of imidazole rings is 1. The fraction of sp³-hybridized carbons (Fsp3) is 0.389. The highest BCUT2D eigenvalue weighted by atomic mass is 16.5. The molecule has 3 rings (SSSR count). The molecule has 3 aromatic rings. The number of aryl methyl sites for hydroxylation is 1. The van der Waals surface area contributed by atoms with Crippen molar-refractivity contribution in [2.75, 3.05) is 30.0 Å². The van der Waals surface area contributed by atoms with E-state index in [1.54, 1.807) is 13.4 Å². The maximum absolute atomic E-state index is 6.16. The lowest BCUT2D eigenvalue weighted by atomic mass is 10.1. The maximum Gasteiger partial charge on any atom is 0.226 e. The third-order valence-corrected chi connectivity index (χ3v) is 4.21. The number of aromatic nitrogens is 4. The highest BCUT2D eigenvalue weighted by molar-refractivity contribution is 5.84. The van der Waals surface area contributed by atoms with Crippen LogP contribution in [-0.2, 0) is 13.1 Å². The number of methoxy groups -OCH3 is 1. The van der Waals surface area contributed by atoms with E-state index in [0.29, 0.717) is 41.8 Å². The minimum Gasteiger partial charge on any atom is -0.495 e. The molecule has 0 spiro atoms. The molecule has 0 aliphatic heterocycles. The molecule has 27 heavy (non-hydrogen) atoms. The summed E-state index contributed by atoms with van der Waals surface area (Å²) >= 11 is 0. The van der Waals surface area contributed by atoms with Crippen LogP contribution in [0, 0.1) is 0 Å². The first kappa shape index (κ1) is 18.7. The Kier molecular flexibility index (Phi) is 5.60. The number of ether oxygens (including phenoxy) is 1. The van der Waals surface area contributed by atoms with Gasteiger partial charge >= 0.3 is 0 Å². The SMILES string of the molecule is CCn1cnc2c(NCc3cccc(OC)c3N)nc(NCC(C)N)nc21. The number of nitrogens with two attached hydrogens (primary N) is 2. The summed E-state index contributed by atoms with van der Waals surface area (Å²) in [7, 11) is 1.60. The predicted octanol–water partition coefficient (Wildman–Crippen LogP) is 1.81.